The second-order valence-electron chi connectivity index (χ2n) is 3.93. The summed E-state index contributed by atoms with van der Waals surface area (Å²) >= 11 is 0. The third kappa shape index (κ3) is 1.63. The number of rotatable bonds is 3. The van der Waals surface area contributed by atoms with Gasteiger partial charge in [-0.2, -0.15) is 0 Å². The van der Waals surface area contributed by atoms with Crippen LogP contribution in [-0.4, -0.2) is 16.0 Å². The lowest BCUT2D eigenvalue weighted by Gasteiger charge is -2.12. The van der Waals surface area contributed by atoms with Gasteiger partial charge in [-0.15, -0.1) is 0 Å². The Morgan fingerprint density at radius 1 is 1.35 bits per heavy atom. The molecule has 0 saturated heterocycles. The van der Waals surface area contributed by atoms with E-state index in [0.29, 0.717) is 12.1 Å². The minimum absolute atomic E-state index is 0.133. The summed E-state index contributed by atoms with van der Waals surface area (Å²) in [5.41, 5.74) is -2.87. The largest absolute Gasteiger partial charge is 0.481 e. The Bertz CT molecular complexity index is 502. The maximum Gasteiger partial charge on any atom is 0.314 e. The molecule has 1 aromatic carbocycles. The van der Waals surface area contributed by atoms with Gasteiger partial charge in [-0.3, -0.25) is 14.9 Å². The lowest BCUT2D eigenvalue weighted by Crippen LogP contribution is -2.22. The maximum atomic E-state index is 13.6. The second kappa shape index (κ2) is 3.47. The van der Waals surface area contributed by atoms with Crippen LogP contribution in [0.25, 0.3) is 0 Å². The van der Waals surface area contributed by atoms with Crippen LogP contribution in [0, 0.1) is 21.7 Å². The fraction of sp³-hybridized carbons (Fsp3) is 0.300. The van der Waals surface area contributed by atoms with Crippen LogP contribution in [0.15, 0.2) is 12.1 Å². The molecular weight excluding hydrogens is 236 g/mol. The first-order valence-electron chi connectivity index (χ1n) is 4.76. The first-order chi connectivity index (χ1) is 7.88. The molecule has 0 unspecified atom stereocenters. The highest BCUT2D eigenvalue weighted by molar-refractivity contribution is 5.85. The number of non-ortho nitro benzene ring substituents is 1. The van der Waals surface area contributed by atoms with Crippen molar-refractivity contribution in [2.75, 3.05) is 0 Å². The number of hydrogen-bond donors (Lipinski definition) is 1. The van der Waals surface area contributed by atoms with Gasteiger partial charge in [0.2, 0.25) is 0 Å². The molecule has 1 N–H and O–H groups in total. The van der Waals surface area contributed by atoms with Crippen molar-refractivity contribution in [1.29, 1.82) is 0 Å². The number of hydrogen-bond acceptors (Lipinski definition) is 3. The average Bonchev–Trinajstić information content (AvgIpc) is 2.97. The molecule has 0 aliphatic heterocycles. The number of nitrogens with zero attached hydrogens (tertiary/aromatic N) is 1. The number of aliphatic carboxylic acids is 1. The highest BCUT2D eigenvalue weighted by Crippen LogP contribution is 2.50. The van der Waals surface area contributed by atoms with E-state index in [0.717, 1.165) is 0 Å². The third-order valence-electron chi connectivity index (χ3n) is 2.88. The number of carboxylic acid groups (broad SMARTS) is 1. The van der Waals surface area contributed by atoms with Crippen LogP contribution in [0.5, 0.6) is 0 Å². The quantitative estimate of drug-likeness (QED) is 0.650. The van der Waals surface area contributed by atoms with E-state index in [4.69, 9.17) is 5.11 Å². The van der Waals surface area contributed by atoms with Gasteiger partial charge in [-0.25, -0.2) is 8.78 Å². The molecule has 0 heterocycles. The Morgan fingerprint density at radius 2 is 1.82 bits per heavy atom. The van der Waals surface area contributed by atoms with Crippen molar-refractivity contribution < 1.29 is 23.6 Å². The molecule has 2 rings (SSSR count). The molecular formula is C10H7F2NO4. The van der Waals surface area contributed by atoms with Crippen molar-refractivity contribution in [3.63, 3.8) is 0 Å². The molecule has 1 saturated carbocycles. The van der Waals surface area contributed by atoms with E-state index < -0.39 is 39.2 Å². The first-order valence-corrected chi connectivity index (χ1v) is 4.76. The zero-order valence-corrected chi connectivity index (χ0v) is 8.44. The smallest absolute Gasteiger partial charge is 0.314 e. The summed E-state index contributed by atoms with van der Waals surface area (Å²) in [4.78, 5) is 20.4. The number of carbonyl (C=O) groups is 1. The Morgan fingerprint density at radius 3 is 2.12 bits per heavy atom. The van der Waals surface area contributed by atoms with E-state index in [9.17, 15) is 23.7 Å². The minimum Gasteiger partial charge on any atom is -0.481 e. The summed E-state index contributed by atoms with van der Waals surface area (Å²) in [6, 6.07) is 1.09. The number of carboxylic acids is 1. The Hall–Kier alpha value is -2.05. The van der Waals surface area contributed by atoms with Gasteiger partial charge >= 0.3 is 5.97 Å². The Labute approximate surface area is 93.8 Å². The molecule has 1 aliphatic rings. The lowest BCUT2D eigenvalue weighted by molar-refractivity contribution is -0.385. The molecule has 0 amide bonds. The van der Waals surface area contributed by atoms with E-state index in [2.05, 4.69) is 0 Å². The van der Waals surface area contributed by atoms with Crippen LogP contribution >= 0.6 is 0 Å². The summed E-state index contributed by atoms with van der Waals surface area (Å²) in [6.07, 6.45) is 0.266. The molecule has 1 fully saturated rings. The van der Waals surface area contributed by atoms with Crippen molar-refractivity contribution in [1.82, 2.24) is 0 Å². The fourth-order valence-electron chi connectivity index (χ4n) is 1.82. The van der Waals surface area contributed by atoms with E-state index in [-0.39, 0.29) is 12.8 Å². The van der Waals surface area contributed by atoms with Crippen molar-refractivity contribution in [3.05, 3.63) is 39.4 Å². The van der Waals surface area contributed by atoms with Crippen LogP contribution in [0.2, 0.25) is 0 Å². The number of halogens is 2. The van der Waals surface area contributed by atoms with Gasteiger partial charge in [0.15, 0.2) is 0 Å². The lowest BCUT2D eigenvalue weighted by atomic mass is 9.94. The summed E-state index contributed by atoms with van der Waals surface area (Å²) in [6.45, 7) is 0. The molecule has 0 bridgehead atoms. The van der Waals surface area contributed by atoms with E-state index in [1.807, 2.05) is 0 Å². The highest BCUT2D eigenvalue weighted by atomic mass is 19.1. The predicted molar refractivity (Wildman–Crippen MR) is 51.6 cm³/mol. The van der Waals surface area contributed by atoms with Crippen LogP contribution in [0.1, 0.15) is 18.4 Å². The minimum atomic E-state index is -1.55. The molecule has 5 nitrogen and oxygen atoms in total. The molecule has 90 valence electrons. The molecule has 1 aromatic rings. The van der Waals surface area contributed by atoms with Crippen molar-refractivity contribution >= 4 is 11.7 Å². The average molecular weight is 243 g/mol. The van der Waals surface area contributed by atoms with Gasteiger partial charge in [0, 0.05) is 5.56 Å². The zero-order valence-electron chi connectivity index (χ0n) is 8.44. The first kappa shape index (κ1) is 11.4. The maximum absolute atomic E-state index is 13.6. The summed E-state index contributed by atoms with van der Waals surface area (Å²) < 4.78 is 27.1. The molecule has 7 heteroatoms. The number of nitro benzene ring substituents is 1. The van der Waals surface area contributed by atoms with Gasteiger partial charge in [0.05, 0.1) is 22.5 Å². The zero-order chi connectivity index (χ0) is 12.8. The SMILES string of the molecule is O=C(O)C1(c2c(F)cc([N+](=O)[O-])cc2F)CC1. The van der Waals surface area contributed by atoms with Crippen LogP contribution in [0.4, 0.5) is 14.5 Å². The van der Waals surface area contributed by atoms with E-state index in [1.165, 1.54) is 0 Å². The van der Waals surface area contributed by atoms with Gasteiger partial charge < -0.3 is 5.11 Å². The second-order valence-corrected chi connectivity index (χ2v) is 3.93. The van der Waals surface area contributed by atoms with E-state index >= 15 is 0 Å². The van der Waals surface area contributed by atoms with Crippen molar-refractivity contribution in [2.24, 2.45) is 0 Å². The molecule has 0 atom stereocenters. The molecule has 0 radical (unpaired) electrons. The normalized spacial score (nSPS) is 16.6. The van der Waals surface area contributed by atoms with Crippen LogP contribution in [-0.2, 0) is 10.2 Å². The highest BCUT2D eigenvalue weighted by Gasteiger charge is 2.55. The monoisotopic (exact) mass is 243 g/mol. The van der Waals surface area contributed by atoms with E-state index in [1.54, 1.807) is 0 Å². The predicted octanol–water partition coefficient (Wildman–Crippen LogP) is 1.99. The topological polar surface area (TPSA) is 80.4 Å². The van der Waals surface area contributed by atoms with Crippen LogP contribution < -0.4 is 0 Å². The van der Waals surface area contributed by atoms with Crippen LogP contribution in [0.3, 0.4) is 0 Å². The van der Waals surface area contributed by atoms with Crippen molar-refractivity contribution in [3.8, 4) is 0 Å². The number of benzene rings is 1. The molecule has 17 heavy (non-hydrogen) atoms. The van der Waals surface area contributed by atoms with Gasteiger partial charge in [-0.05, 0) is 12.8 Å². The fourth-order valence-corrected chi connectivity index (χ4v) is 1.82. The number of nitro groups is 1. The van der Waals surface area contributed by atoms with Gasteiger partial charge in [0.1, 0.15) is 11.6 Å². The molecule has 0 spiro atoms. The third-order valence-corrected chi connectivity index (χ3v) is 2.88. The molecule has 1 aliphatic carbocycles. The Balaban J connectivity index is 2.57. The summed E-state index contributed by atoms with van der Waals surface area (Å²) in [7, 11) is 0. The van der Waals surface area contributed by atoms with Gasteiger partial charge in [0.25, 0.3) is 5.69 Å². The summed E-state index contributed by atoms with van der Waals surface area (Å²) in [5, 5.41) is 19.3. The standard InChI is InChI=1S/C10H7F2NO4/c11-6-3-5(13(16)17)4-7(12)8(6)10(1-2-10)9(14)15/h3-4H,1-2H2,(H,14,15). The van der Waals surface area contributed by atoms with Gasteiger partial charge in [-0.1, -0.05) is 0 Å². The molecule has 0 aromatic heterocycles. The Kier molecular flexibility index (Phi) is 2.34. The van der Waals surface area contributed by atoms with Crippen molar-refractivity contribution in [2.45, 2.75) is 18.3 Å². The summed E-state index contributed by atoms with van der Waals surface area (Å²) in [5.74, 6) is -3.68.